The smallest absolute Gasteiger partial charge is 0.311 e. The number of methoxy groups -OCH3 is 1. The Bertz CT molecular complexity index is 289. The number of hydrogen-bond acceptors (Lipinski definition) is 3. The van der Waals surface area contributed by atoms with Crippen molar-refractivity contribution in [2.24, 2.45) is 23.2 Å². The van der Waals surface area contributed by atoms with Gasteiger partial charge in [0.15, 0.2) is 0 Å². The summed E-state index contributed by atoms with van der Waals surface area (Å²) in [6.07, 6.45) is 3.44. The molecule has 0 radical (unpaired) electrons. The third-order valence-electron chi connectivity index (χ3n) is 5.26. The van der Waals surface area contributed by atoms with Crippen molar-refractivity contribution in [3.05, 3.63) is 0 Å². The van der Waals surface area contributed by atoms with Crippen LogP contribution in [0, 0.1) is 23.2 Å². The fraction of sp³-hybridized carbons (Fsp3) is 0.923. The van der Waals surface area contributed by atoms with Crippen molar-refractivity contribution >= 4 is 5.97 Å². The lowest BCUT2D eigenvalue weighted by molar-refractivity contribution is -0.164. The number of rotatable bonds is 2. The molecule has 2 aliphatic carbocycles. The van der Waals surface area contributed by atoms with E-state index in [2.05, 4.69) is 13.8 Å². The zero-order valence-corrected chi connectivity index (χ0v) is 10.4. The van der Waals surface area contributed by atoms with Crippen molar-refractivity contribution in [1.82, 2.24) is 0 Å². The maximum Gasteiger partial charge on any atom is 0.311 e. The van der Waals surface area contributed by atoms with Gasteiger partial charge in [0, 0.05) is 0 Å². The minimum absolute atomic E-state index is 0.0184. The van der Waals surface area contributed by atoms with Crippen molar-refractivity contribution in [3.63, 3.8) is 0 Å². The van der Waals surface area contributed by atoms with E-state index in [1.807, 2.05) is 0 Å². The maximum absolute atomic E-state index is 11.9. The lowest BCUT2D eigenvalue weighted by Gasteiger charge is -2.46. The molecule has 0 saturated heterocycles. The summed E-state index contributed by atoms with van der Waals surface area (Å²) in [5.41, 5.74) is -0.0184. The summed E-state index contributed by atoms with van der Waals surface area (Å²) in [5.74, 6) is 0.596. The first-order valence-corrected chi connectivity index (χ1v) is 6.32. The first-order chi connectivity index (χ1) is 7.56. The summed E-state index contributed by atoms with van der Waals surface area (Å²) in [4.78, 5) is 11.9. The van der Waals surface area contributed by atoms with Gasteiger partial charge in [0.25, 0.3) is 0 Å². The Morgan fingerprint density at radius 3 is 2.81 bits per heavy atom. The minimum atomic E-state index is -0.504. The van der Waals surface area contributed by atoms with Gasteiger partial charge >= 0.3 is 5.97 Å². The maximum atomic E-state index is 11.9. The summed E-state index contributed by atoms with van der Waals surface area (Å²) in [6.45, 7) is 4.37. The summed E-state index contributed by atoms with van der Waals surface area (Å²) < 4.78 is 4.89. The molecule has 0 heterocycles. The molecule has 3 nitrogen and oxygen atoms in total. The number of ether oxygens (including phenoxy) is 1. The number of fused-ring (bicyclic) bond motifs is 2. The number of aliphatic hydroxyl groups excluding tert-OH is 1. The summed E-state index contributed by atoms with van der Waals surface area (Å²) >= 11 is 0. The van der Waals surface area contributed by atoms with Crippen LogP contribution in [0.5, 0.6) is 0 Å². The largest absolute Gasteiger partial charge is 0.469 e. The molecule has 3 heteroatoms. The van der Waals surface area contributed by atoms with Crippen molar-refractivity contribution in [2.75, 3.05) is 7.11 Å². The van der Waals surface area contributed by atoms with Gasteiger partial charge in [0.05, 0.1) is 19.1 Å². The minimum Gasteiger partial charge on any atom is -0.469 e. The van der Waals surface area contributed by atoms with E-state index in [1.54, 1.807) is 0 Å². The Kier molecular flexibility index (Phi) is 2.99. The van der Waals surface area contributed by atoms with E-state index in [0.29, 0.717) is 11.8 Å². The van der Waals surface area contributed by atoms with Crippen LogP contribution in [0.3, 0.4) is 0 Å². The van der Waals surface area contributed by atoms with Crippen LogP contribution in [0.1, 0.15) is 39.5 Å². The van der Waals surface area contributed by atoms with Crippen molar-refractivity contribution in [1.29, 1.82) is 0 Å². The normalized spacial score (nSPS) is 46.8. The highest BCUT2D eigenvalue weighted by Gasteiger charge is 2.58. The van der Waals surface area contributed by atoms with Crippen LogP contribution in [0.15, 0.2) is 0 Å². The molecule has 2 rings (SSSR count). The third-order valence-corrected chi connectivity index (χ3v) is 5.26. The van der Waals surface area contributed by atoms with Gasteiger partial charge in [-0.25, -0.2) is 0 Å². The van der Waals surface area contributed by atoms with Gasteiger partial charge in [-0.1, -0.05) is 13.8 Å². The van der Waals surface area contributed by atoms with E-state index in [9.17, 15) is 9.90 Å². The number of esters is 1. The summed E-state index contributed by atoms with van der Waals surface area (Å²) in [5, 5.41) is 10.2. The van der Waals surface area contributed by atoms with Crippen LogP contribution < -0.4 is 0 Å². The van der Waals surface area contributed by atoms with Crippen LogP contribution in [0.2, 0.25) is 0 Å². The topological polar surface area (TPSA) is 46.5 Å². The molecule has 2 bridgehead atoms. The third kappa shape index (κ3) is 1.41. The van der Waals surface area contributed by atoms with Crippen LogP contribution in [-0.4, -0.2) is 24.3 Å². The van der Waals surface area contributed by atoms with E-state index in [4.69, 9.17) is 4.74 Å². The van der Waals surface area contributed by atoms with Crippen molar-refractivity contribution < 1.29 is 14.6 Å². The molecule has 0 aromatic heterocycles. The highest BCUT2D eigenvalue weighted by atomic mass is 16.5. The molecule has 5 atom stereocenters. The van der Waals surface area contributed by atoms with E-state index in [0.717, 1.165) is 25.7 Å². The van der Waals surface area contributed by atoms with Crippen molar-refractivity contribution in [2.45, 2.75) is 45.6 Å². The Morgan fingerprint density at radius 1 is 1.56 bits per heavy atom. The number of hydrogen-bond donors (Lipinski definition) is 1. The molecular weight excluding hydrogens is 204 g/mol. The first kappa shape index (κ1) is 11.9. The van der Waals surface area contributed by atoms with Crippen LogP contribution in [0.4, 0.5) is 0 Å². The monoisotopic (exact) mass is 226 g/mol. The first-order valence-electron chi connectivity index (χ1n) is 6.32. The highest BCUT2D eigenvalue weighted by molar-refractivity contribution is 5.74. The standard InChI is InChI=1S/C13H22O3/c1-4-13-6-5-9(8(13)2)7-10(14)11(13)12(15)16-3/h8-11,14H,4-7H2,1-3H3/t8-,9+,10-,11?,13?/m0/s1. The second-order valence-electron chi connectivity index (χ2n) is 5.48. The predicted molar refractivity (Wildman–Crippen MR) is 60.7 cm³/mol. The van der Waals surface area contributed by atoms with Gasteiger partial charge in [-0.15, -0.1) is 0 Å². The molecule has 1 N–H and O–H groups in total. The fourth-order valence-electron chi connectivity index (χ4n) is 4.23. The molecule has 92 valence electrons. The molecule has 0 amide bonds. The average molecular weight is 226 g/mol. The van der Waals surface area contributed by atoms with Gasteiger partial charge < -0.3 is 9.84 Å². The molecular formula is C13H22O3. The fourth-order valence-corrected chi connectivity index (χ4v) is 4.23. The Morgan fingerprint density at radius 2 is 2.25 bits per heavy atom. The average Bonchev–Trinajstić information content (AvgIpc) is 2.49. The van der Waals surface area contributed by atoms with Crippen molar-refractivity contribution in [3.8, 4) is 0 Å². The molecule has 2 aliphatic rings. The summed E-state index contributed by atoms with van der Waals surface area (Å²) in [6, 6.07) is 0. The molecule has 0 aromatic carbocycles. The molecule has 2 saturated carbocycles. The van der Waals surface area contributed by atoms with E-state index >= 15 is 0 Å². The quantitative estimate of drug-likeness (QED) is 0.732. The zero-order valence-electron chi connectivity index (χ0n) is 10.4. The molecule has 0 spiro atoms. The zero-order chi connectivity index (χ0) is 11.9. The van der Waals surface area contributed by atoms with Crippen LogP contribution in [-0.2, 0) is 9.53 Å². The number of carbonyl (C=O) groups excluding carboxylic acids is 1. The van der Waals surface area contributed by atoms with E-state index in [-0.39, 0.29) is 17.3 Å². The molecule has 2 unspecified atom stereocenters. The number of carbonyl (C=O) groups is 1. The van der Waals surface area contributed by atoms with Gasteiger partial charge in [0.2, 0.25) is 0 Å². The second-order valence-corrected chi connectivity index (χ2v) is 5.48. The van der Waals surface area contributed by atoms with Gasteiger partial charge in [-0.2, -0.15) is 0 Å². The predicted octanol–water partition coefficient (Wildman–Crippen LogP) is 1.98. The van der Waals surface area contributed by atoms with Crippen LogP contribution in [0.25, 0.3) is 0 Å². The Balaban J connectivity index is 2.36. The SMILES string of the molecule is CCC12CC[C@H](C[C@H](O)C1C(=O)OC)[C@@H]2C. The Hall–Kier alpha value is -0.570. The number of aliphatic hydroxyl groups is 1. The lowest BCUT2D eigenvalue weighted by Crippen LogP contribution is -2.50. The van der Waals surface area contributed by atoms with E-state index in [1.165, 1.54) is 7.11 Å². The molecule has 2 fully saturated rings. The molecule has 0 aliphatic heterocycles. The van der Waals surface area contributed by atoms with Gasteiger partial charge in [0.1, 0.15) is 0 Å². The Labute approximate surface area is 97.2 Å². The molecule has 16 heavy (non-hydrogen) atoms. The van der Waals surface area contributed by atoms with Gasteiger partial charge in [-0.05, 0) is 42.9 Å². The van der Waals surface area contributed by atoms with E-state index < -0.39 is 6.10 Å². The van der Waals surface area contributed by atoms with Crippen LogP contribution >= 0.6 is 0 Å². The molecule has 0 aromatic rings. The highest BCUT2D eigenvalue weighted by Crippen LogP contribution is 2.60. The summed E-state index contributed by atoms with van der Waals surface area (Å²) in [7, 11) is 1.42. The van der Waals surface area contributed by atoms with Gasteiger partial charge in [-0.3, -0.25) is 4.79 Å². The lowest BCUT2D eigenvalue weighted by atomic mass is 9.59. The second kappa shape index (κ2) is 4.02.